The Labute approximate surface area is 179 Å². The smallest absolute Gasteiger partial charge is 0.261 e. The quantitative estimate of drug-likeness (QED) is 0.490. The lowest BCUT2D eigenvalue weighted by molar-refractivity contribution is -0.113. The number of hydrogen-bond acceptors (Lipinski definition) is 4. The molecule has 5 nitrogen and oxygen atoms in total. The highest BCUT2D eigenvalue weighted by Gasteiger charge is 2.13. The molecule has 0 bridgehead atoms. The van der Waals surface area contributed by atoms with E-state index in [1.54, 1.807) is 72.8 Å². The van der Waals surface area contributed by atoms with E-state index in [1.165, 1.54) is 11.8 Å². The Morgan fingerprint density at radius 2 is 1.48 bits per heavy atom. The summed E-state index contributed by atoms with van der Waals surface area (Å²) in [5, 5.41) is 3.40. The molecule has 0 saturated carbocycles. The molecule has 0 atom stereocenters. The van der Waals surface area contributed by atoms with Crippen molar-refractivity contribution in [2.45, 2.75) is 16.7 Å². The third-order valence-corrected chi connectivity index (χ3v) is 6.60. The van der Waals surface area contributed by atoms with Crippen LogP contribution >= 0.6 is 23.4 Å². The molecule has 0 radical (unpaired) electrons. The lowest BCUT2D eigenvalue weighted by Crippen LogP contribution is -2.14. The fourth-order valence-electron chi connectivity index (χ4n) is 2.43. The van der Waals surface area contributed by atoms with E-state index in [1.807, 2.05) is 6.92 Å². The van der Waals surface area contributed by atoms with E-state index in [-0.39, 0.29) is 16.6 Å². The largest absolute Gasteiger partial charge is 0.325 e. The van der Waals surface area contributed by atoms with Crippen LogP contribution in [0.3, 0.4) is 0 Å². The summed E-state index contributed by atoms with van der Waals surface area (Å²) in [6.07, 6.45) is 0. The first-order valence-electron chi connectivity index (χ1n) is 8.70. The van der Waals surface area contributed by atoms with Gasteiger partial charge in [0.1, 0.15) is 0 Å². The minimum absolute atomic E-state index is 0.138. The Balaban J connectivity index is 1.55. The van der Waals surface area contributed by atoms with Gasteiger partial charge in [-0.05, 0) is 67.6 Å². The van der Waals surface area contributed by atoms with Crippen molar-refractivity contribution in [1.82, 2.24) is 0 Å². The Hall–Kier alpha value is -2.48. The molecular weight excluding hydrogens is 428 g/mol. The number of carbonyl (C=O) groups is 1. The number of anilines is 2. The van der Waals surface area contributed by atoms with Crippen molar-refractivity contribution in [2.24, 2.45) is 0 Å². The lowest BCUT2D eigenvalue weighted by atomic mass is 10.2. The van der Waals surface area contributed by atoms with Gasteiger partial charge in [-0.25, -0.2) is 8.42 Å². The summed E-state index contributed by atoms with van der Waals surface area (Å²) in [5.41, 5.74) is 2.13. The highest BCUT2D eigenvalue weighted by Crippen LogP contribution is 2.23. The molecule has 0 fully saturated rings. The number of halogens is 1. The van der Waals surface area contributed by atoms with Crippen LogP contribution in [0.5, 0.6) is 0 Å². The van der Waals surface area contributed by atoms with Crippen molar-refractivity contribution in [1.29, 1.82) is 0 Å². The summed E-state index contributed by atoms with van der Waals surface area (Å²) in [6.45, 7) is 1.90. The SMILES string of the molecule is Cc1ccc(S(=O)(=O)Nc2ccc(SCC(=O)Nc3ccc(Cl)cc3)cc2)cc1. The molecule has 2 N–H and O–H groups in total. The van der Waals surface area contributed by atoms with Gasteiger partial charge < -0.3 is 5.32 Å². The predicted octanol–water partition coefficient (Wildman–Crippen LogP) is 5.18. The van der Waals surface area contributed by atoms with E-state index in [2.05, 4.69) is 10.0 Å². The number of amides is 1. The average molecular weight is 447 g/mol. The molecule has 3 aromatic carbocycles. The van der Waals surface area contributed by atoms with Gasteiger partial charge in [0.25, 0.3) is 10.0 Å². The van der Waals surface area contributed by atoms with Gasteiger partial charge in [0.05, 0.1) is 10.6 Å². The number of rotatable bonds is 7. The highest BCUT2D eigenvalue weighted by atomic mass is 35.5. The average Bonchev–Trinajstić information content (AvgIpc) is 2.69. The van der Waals surface area contributed by atoms with Gasteiger partial charge >= 0.3 is 0 Å². The molecule has 3 aromatic rings. The van der Waals surface area contributed by atoms with Crippen molar-refractivity contribution in [3.05, 3.63) is 83.4 Å². The molecule has 0 saturated heterocycles. The fourth-order valence-corrected chi connectivity index (χ4v) is 4.31. The minimum atomic E-state index is -3.64. The molecule has 0 aliphatic rings. The van der Waals surface area contributed by atoms with Crippen LogP contribution in [0.15, 0.2) is 82.6 Å². The van der Waals surface area contributed by atoms with Gasteiger partial charge in [-0.3, -0.25) is 9.52 Å². The van der Waals surface area contributed by atoms with Crippen molar-refractivity contribution >= 4 is 50.7 Å². The zero-order valence-electron chi connectivity index (χ0n) is 15.6. The summed E-state index contributed by atoms with van der Waals surface area (Å²) in [6, 6.07) is 20.4. The second-order valence-corrected chi connectivity index (χ2v) is 9.45. The summed E-state index contributed by atoms with van der Waals surface area (Å²) in [4.78, 5) is 13.1. The zero-order valence-corrected chi connectivity index (χ0v) is 17.9. The molecule has 29 heavy (non-hydrogen) atoms. The van der Waals surface area contributed by atoms with E-state index in [9.17, 15) is 13.2 Å². The standard InChI is InChI=1S/C21H19ClN2O3S2/c1-15-2-12-20(13-3-15)29(26,27)24-18-8-10-19(11-9-18)28-14-21(25)23-17-6-4-16(22)5-7-17/h2-13,24H,14H2,1H3,(H,23,25). The van der Waals surface area contributed by atoms with Crippen LogP contribution in [0.1, 0.15) is 5.56 Å². The maximum absolute atomic E-state index is 12.4. The molecule has 150 valence electrons. The van der Waals surface area contributed by atoms with Gasteiger partial charge in [-0.15, -0.1) is 11.8 Å². The normalized spacial score (nSPS) is 11.1. The lowest BCUT2D eigenvalue weighted by Gasteiger charge is -2.09. The van der Waals surface area contributed by atoms with E-state index >= 15 is 0 Å². The minimum Gasteiger partial charge on any atom is -0.325 e. The van der Waals surface area contributed by atoms with Gasteiger partial charge in [0, 0.05) is 21.3 Å². The fraction of sp³-hybridized carbons (Fsp3) is 0.0952. The van der Waals surface area contributed by atoms with E-state index in [4.69, 9.17) is 11.6 Å². The van der Waals surface area contributed by atoms with Gasteiger partial charge in [0.2, 0.25) is 5.91 Å². The number of carbonyl (C=O) groups excluding carboxylic acids is 1. The Morgan fingerprint density at radius 3 is 2.10 bits per heavy atom. The van der Waals surface area contributed by atoms with Crippen LogP contribution in [0.2, 0.25) is 5.02 Å². The third kappa shape index (κ3) is 6.25. The monoisotopic (exact) mass is 446 g/mol. The maximum Gasteiger partial charge on any atom is 0.261 e. The summed E-state index contributed by atoms with van der Waals surface area (Å²) < 4.78 is 27.4. The number of aryl methyl sites for hydroxylation is 1. The molecule has 0 unspecified atom stereocenters. The van der Waals surface area contributed by atoms with E-state index in [0.717, 1.165) is 10.5 Å². The molecule has 0 aromatic heterocycles. The molecule has 0 heterocycles. The van der Waals surface area contributed by atoms with Crippen LogP contribution in [0.25, 0.3) is 0 Å². The van der Waals surface area contributed by atoms with Gasteiger partial charge in [0.15, 0.2) is 0 Å². The van der Waals surface area contributed by atoms with Crippen molar-refractivity contribution in [3.63, 3.8) is 0 Å². The predicted molar refractivity (Wildman–Crippen MR) is 119 cm³/mol. The second kappa shape index (κ2) is 9.35. The van der Waals surface area contributed by atoms with Crippen LogP contribution in [-0.4, -0.2) is 20.1 Å². The summed E-state index contributed by atoms with van der Waals surface area (Å²) in [5.74, 6) is 0.0957. The molecule has 8 heteroatoms. The van der Waals surface area contributed by atoms with Crippen molar-refractivity contribution < 1.29 is 13.2 Å². The topological polar surface area (TPSA) is 75.3 Å². The number of nitrogens with one attached hydrogen (secondary N) is 2. The van der Waals surface area contributed by atoms with Gasteiger partial charge in [-0.1, -0.05) is 29.3 Å². The van der Waals surface area contributed by atoms with Crippen molar-refractivity contribution in [2.75, 3.05) is 15.8 Å². The third-order valence-electron chi connectivity index (χ3n) is 3.94. The first-order valence-corrected chi connectivity index (χ1v) is 11.5. The number of hydrogen-bond donors (Lipinski definition) is 2. The Bertz CT molecular complexity index is 1080. The van der Waals surface area contributed by atoms with Gasteiger partial charge in [-0.2, -0.15) is 0 Å². The molecule has 0 aliphatic heterocycles. The second-order valence-electron chi connectivity index (χ2n) is 6.29. The molecule has 0 aliphatic carbocycles. The van der Waals surface area contributed by atoms with Crippen LogP contribution in [0, 0.1) is 6.92 Å². The summed E-state index contributed by atoms with van der Waals surface area (Å²) >= 11 is 7.18. The van der Waals surface area contributed by atoms with Crippen molar-refractivity contribution in [3.8, 4) is 0 Å². The molecule has 1 amide bonds. The zero-order chi connectivity index (χ0) is 20.9. The number of benzene rings is 3. The highest BCUT2D eigenvalue weighted by molar-refractivity contribution is 8.00. The molecular formula is C21H19ClN2O3S2. The van der Waals surface area contributed by atoms with E-state index < -0.39 is 10.0 Å². The number of sulfonamides is 1. The maximum atomic E-state index is 12.4. The van der Waals surface area contributed by atoms with Crippen LogP contribution in [0.4, 0.5) is 11.4 Å². The first-order chi connectivity index (χ1) is 13.8. The van der Waals surface area contributed by atoms with Crippen LogP contribution < -0.4 is 10.0 Å². The Morgan fingerprint density at radius 1 is 0.897 bits per heavy atom. The van der Waals surface area contributed by atoms with Crippen LogP contribution in [-0.2, 0) is 14.8 Å². The molecule has 3 rings (SSSR count). The van der Waals surface area contributed by atoms with E-state index in [0.29, 0.717) is 16.4 Å². The first kappa shape index (κ1) is 21.2. The number of thioether (sulfide) groups is 1. The molecule has 0 spiro atoms. The Kier molecular flexibility index (Phi) is 6.84. The summed E-state index contributed by atoms with van der Waals surface area (Å²) in [7, 11) is -3.64.